The number of hydrogen-bond acceptors (Lipinski definition) is 4. The summed E-state index contributed by atoms with van der Waals surface area (Å²) in [5.41, 5.74) is 1.02. The summed E-state index contributed by atoms with van der Waals surface area (Å²) in [4.78, 5) is 16.7. The molecular formula is C9H15N3OS. The molecule has 5 heteroatoms. The molecule has 0 radical (unpaired) electrons. The van der Waals surface area contributed by atoms with Crippen molar-refractivity contribution in [3.63, 3.8) is 0 Å². The molecule has 0 unspecified atom stereocenters. The van der Waals surface area contributed by atoms with Gasteiger partial charge in [0.25, 0.3) is 0 Å². The molecule has 14 heavy (non-hydrogen) atoms. The lowest BCUT2D eigenvalue weighted by atomic mass is 10.3. The van der Waals surface area contributed by atoms with Crippen LogP contribution in [0.3, 0.4) is 0 Å². The molecule has 1 aromatic heterocycles. The molecule has 0 saturated heterocycles. The summed E-state index contributed by atoms with van der Waals surface area (Å²) in [6.07, 6.45) is 0. The normalized spacial score (nSPS) is 12.3. The Morgan fingerprint density at radius 1 is 1.50 bits per heavy atom. The summed E-state index contributed by atoms with van der Waals surface area (Å²) in [5.74, 6) is -0.0319. The fourth-order valence-electron chi connectivity index (χ4n) is 1.00. The fraction of sp³-hybridized carbons (Fsp3) is 0.556. The van der Waals surface area contributed by atoms with E-state index in [1.165, 1.54) is 4.88 Å². The highest BCUT2D eigenvalue weighted by Crippen LogP contribution is 2.21. The number of anilines is 1. The van der Waals surface area contributed by atoms with Gasteiger partial charge in [0.2, 0.25) is 5.91 Å². The van der Waals surface area contributed by atoms with Crippen LogP contribution in [-0.2, 0) is 4.79 Å². The van der Waals surface area contributed by atoms with Crippen molar-refractivity contribution < 1.29 is 4.79 Å². The largest absolute Gasteiger partial charge is 0.357 e. The van der Waals surface area contributed by atoms with Gasteiger partial charge in [-0.3, -0.25) is 4.79 Å². The molecule has 4 nitrogen and oxygen atoms in total. The first-order chi connectivity index (χ1) is 6.54. The minimum absolute atomic E-state index is 0.0319. The SMILES string of the molecule is CNC(=O)[C@H](C)Nc1nc(C)c(C)s1. The lowest BCUT2D eigenvalue weighted by Gasteiger charge is -2.10. The highest BCUT2D eigenvalue weighted by molar-refractivity contribution is 7.15. The minimum Gasteiger partial charge on any atom is -0.357 e. The Bertz CT molecular complexity index is 315. The van der Waals surface area contributed by atoms with E-state index in [-0.39, 0.29) is 11.9 Å². The van der Waals surface area contributed by atoms with Gasteiger partial charge in [-0.05, 0) is 20.8 Å². The van der Waals surface area contributed by atoms with E-state index in [0.717, 1.165) is 10.8 Å². The van der Waals surface area contributed by atoms with Gasteiger partial charge in [-0.2, -0.15) is 0 Å². The van der Waals surface area contributed by atoms with E-state index in [1.54, 1.807) is 18.4 Å². The molecule has 0 aromatic carbocycles. The first-order valence-corrected chi connectivity index (χ1v) is 5.28. The molecular weight excluding hydrogens is 198 g/mol. The van der Waals surface area contributed by atoms with Crippen LogP contribution in [0.1, 0.15) is 17.5 Å². The van der Waals surface area contributed by atoms with E-state index in [1.807, 2.05) is 20.8 Å². The van der Waals surface area contributed by atoms with Crippen molar-refractivity contribution in [3.05, 3.63) is 10.6 Å². The van der Waals surface area contributed by atoms with E-state index in [9.17, 15) is 4.79 Å². The predicted octanol–water partition coefficient (Wildman–Crippen LogP) is 1.31. The number of likely N-dealkylation sites (N-methyl/N-ethyl adjacent to an activating group) is 1. The van der Waals surface area contributed by atoms with E-state index in [4.69, 9.17) is 0 Å². The van der Waals surface area contributed by atoms with Crippen LogP contribution in [0.2, 0.25) is 0 Å². The monoisotopic (exact) mass is 213 g/mol. The molecule has 0 bridgehead atoms. The maximum absolute atomic E-state index is 11.2. The Labute approximate surface area is 87.7 Å². The van der Waals surface area contributed by atoms with Gasteiger partial charge in [-0.25, -0.2) is 4.98 Å². The molecule has 1 aromatic rings. The molecule has 0 aliphatic heterocycles. The van der Waals surface area contributed by atoms with Crippen LogP contribution >= 0.6 is 11.3 Å². The Morgan fingerprint density at radius 2 is 2.14 bits per heavy atom. The second kappa shape index (κ2) is 4.41. The van der Waals surface area contributed by atoms with Crippen LogP contribution in [-0.4, -0.2) is 24.0 Å². The molecule has 1 amide bonds. The topological polar surface area (TPSA) is 54.0 Å². The Balaban J connectivity index is 2.64. The number of aromatic nitrogens is 1. The van der Waals surface area contributed by atoms with Gasteiger partial charge in [0, 0.05) is 11.9 Å². The molecule has 1 heterocycles. The number of carbonyl (C=O) groups excluding carboxylic acids is 1. The maximum Gasteiger partial charge on any atom is 0.242 e. The molecule has 0 aliphatic rings. The average molecular weight is 213 g/mol. The third kappa shape index (κ3) is 2.45. The number of nitrogens with one attached hydrogen (secondary N) is 2. The van der Waals surface area contributed by atoms with Gasteiger partial charge in [0.1, 0.15) is 6.04 Å². The third-order valence-electron chi connectivity index (χ3n) is 2.01. The van der Waals surface area contributed by atoms with Crippen LogP contribution < -0.4 is 10.6 Å². The first kappa shape index (κ1) is 11.0. The van der Waals surface area contributed by atoms with Crippen LogP contribution in [0.15, 0.2) is 0 Å². The zero-order valence-corrected chi connectivity index (χ0v) is 9.66. The average Bonchev–Trinajstić information content (AvgIpc) is 2.44. The summed E-state index contributed by atoms with van der Waals surface area (Å²) in [6, 6.07) is -0.245. The van der Waals surface area contributed by atoms with Crippen molar-refractivity contribution in [2.45, 2.75) is 26.8 Å². The summed E-state index contributed by atoms with van der Waals surface area (Å²) in [7, 11) is 1.62. The molecule has 0 saturated carbocycles. The minimum atomic E-state index is -0.245. The van der Waals surface area contributed by atoms with E-state index >= 15 is 0 Å². The number of rotatable bonds is 3. The highest BCUT2D eigenvalue weighted by atomic mass is 32.1. The second-order valence-corrected chi connectivity index (χ2v) is 4.34. The van der Waals surface area contributed by atoms with E-state index in [2.05, 4.69) is 15.6 Å². The van der Waals surface area contributed by atoms with Gasteiger partial charge in [0.05, 0.1) is 5.69 Å². The Kier molecular flexibility index (Phi) is 3.46. The molecule has 0 fully saturated rings. The van der Waals surface area contributed by atoms with Gasteiger partial charge < -0.3 is 10.6 Å². The lowest BCUT2D eigenvalue weighted by molar-refractivity contribution is -0.121. The quantitative estimate of drug-likeness (QED) is 0.796. The number of carbonyl (C=O) groups is 1. The van der Waals surface area contributed by atoms with Crippen molar-refractivity contribution in [2.24, 2.45) is 0 Å². The summed E-state index contributed by atoms with van der Waals surface area (Å²) in [5, 5.41) is 6.43. The Hall–Kier alpha value is -1.10. The van der Waals surface area contributed by atoms with Crippen LogP contribution in [0, 0.1) is 13.8 Å². The van der Waals surface area contributed by atoms with Crippen molar-refractivity contribution >= 4 is 22.4 Å². The van der Waals surface area contributed by atoms with E-state index in [0.29, 0.717) is 0 Å². The van der Waals surface area contributed by atoms with Gasteiger partial charge >= 0.3 is 0 Å². The Morgan fingerprint density at radius 3 is 2.57 bits per heavy atom. The van der Waals surface area contributed by atoms with Gasteiger partial charge in [-0.15, -0.1) is 11.3 Å². The number of hydrogen-bond donors (Lipinski definition) is 2. The number of thiazole rings is 1. The zero-order chi connectivity index (χ0) is 10.7. The smallest absolute Gasteiger partial charge is 0.242 e. The predicted molar refractivity (Wildman–Crippen MR) is 58.7 cm³/mol. The van der Waals surface area contributed by atoms with Crippen molar-refractivity contribution in [1.82, 2.24) is 10.3 Å². The molecule has 0 spiro atoms. The molecule has 1 rings (SSSR count). The summed E-state index contributed by atoms with van der Waals surface area (Å²) < 4.78 is 0. The summed E-state index contributed by atoms with van der Waals surface area (Å²) >= 11 is 1.57. The van der Waals surface area contributed by atoms with E-state index < -0.39 is 0 Å². The van der Waals surface area contributed by atoms with Crippen LogP contribution in [0.4, 0.5) is 5.13 Å². The lowest BCUT2D eigenvalue weighted by Crippen LogP contribution is -2.35. The van der Waals surface area contributed by atoms with Gasteiger partial charge in [-0.1, -0.05) is 0 Å². The molecule has 0 aliphatic carbocycles. The number of nitrogens with zero attached hydrogens (tertiary/aromatic N) is 1. The zero-order valence-electron chi connectivity index (χ0n) is 8.84. The first-order valence-electron chi connectivity index (χ1n) is 4.46. The fourth-order valence-corrected chi connectivity index (χ4v) is 1.90. The van der Waals surface area contributed by atoms with Crippen LogP contribution in [0.25, 0.3) is 0 Å². The van der Waals surface area contributed by atoms with Crippen molar-refractivity contribution in [3.8, 4) is 0 Å². The standard InChI is InChI=1S/C9H15N3OS/c1-5-7(3)14-9(11-5)12-6(2)8(13)10-4/h6H,1-4H3,(H,10,13)(H,11,12)/t6-/m0/s1. The van der Waals surface area contributed by atoms with Gasteiger partial charge in [0.15, 0.2) is 5.13 Å². The molecule has 78 valence electrons. The molecule has 2 N–H and O–H groups in total. The summed E-state index contributed by atoms with van der Waals surface area (Å²) in [6.45, 7) is 5.79. The van der Waals surface area contributed by atoms with Crippen molar-refractivity contribution in [2.75, 3.05) is 12.4 Å². The number of aryl methyl sites for hydroxylation is 2. The van der Waals surface area contributed by atoms with Crippen molar-refractivity contribution in [1.29, 1.82) is 0 Å². The molecule has 1 atom stereocenters. The number of amides is 1. The van der Waals surface area contributed by atoms with Crippen LogP contribution in [0.5, 0.6) is 0 Å². The highest BCUT2D eigenvalue weighted by Gasteiger charge is 2.12. The third-order valence-corrected chi connectivity index (χ3v) is 3.01. The maximum atomic E-state index is 11.2. The second-order valence-electron chi connectivity index (χ2n) is 3.14.